The van der Waals surface area contributed by atoms with Gasteiger partial charge in [-0.2, -0.15) is 0 Å². The van der Waals surface area contributed by atoms with Gasteiger partial charge in [-0.15, -0.1) is 23.2 Å². The summed E-state index contributed by atoms with van der Waals surface area (Å²) in [5.41, 5.74) is 7.30. The molecule has 1 aromatic carbocycles. The smallest absolute Gasteiger partial charge is 0.126 e. The van der Waals surface area contributed by atoms with Gasteiger partial charge in [-0.25, -0.2) is 0 Å². The topological polar surface area (TPSA) is 26.0 Å². The van der Waals surface area contributed by atoms with Crippen LogP contribution in [0.1, 0.15) is 5.56 Å². The van der Waals surface area contributed by atoms with Crippen molar-refractivity contribution >= 4 is 35.0 Å². The van der Waals surface area contributed by atoms with Gasteiger partial charge in [0.2, 0.25) is 0 Å². The van der Waals surface area contributed by atoms with Crippen molar-refractivity contribution in [2.24, 2.45) is 0 Å². The largest absolute Gasteiger partial charge is 0.399 e. The summed E-state index contributed by atoms with van der Waals surface area (Å²) in [6.07, 6.45) is 3.53. The minimum Gasteiger partial charge on any atom is -0.399 e. The van der Waals surface area contributed by atoms with Gasteiger partial charge in [-0.1, -0.05) is 24.3 Å². The highest BCUT2D eigenvalue weighted by molar-refractivity contribution is 6.45. The number of nitrogens with two attached hydrogens (primary N) is 1. The highest BCUT2D eigenvalue weighted by Crippen LogP contribution is 2.11. The molecule has 3 heteroatoms. The maximum absolute atomic E-state index is 5.57. The standard InChI is InChI=1S/C9H9Cl2N/c10-9(11)5-4-7-2-1-3-8(12)6-7/h1-6,9H,12H2/b5-4+. The predicted octanol–water partition coefficient (Wildman–Crippen LogP) is 3.09. The van der Waals surface area contributed by atoms with Crippen molar-refractivity contribution < 1.29 is 0 Å². The Labute approximate surface area is 81.8 Å². The average Bonchev–Trinajstić information content (AvgIpc) is 2.01. The molecule has 64 valence electrons. The van der Waals surface area contributed by atoms with Crippen LogP contribution in [0, 0.1) is 0 Å². The number of hydrogen-bond donors (Lipinski definition) is 1. The lowest BCUT2D eigenvalue weighted by Crippen LogP contribution is -1.84. The number of anilines is 1. The molecule has 0 aliphatic carbocycles. The molecular formula is C9H9Cl2N. The summed E-state index contributed by atoms with van der Waals surface area (Å²) in [4.78, 5) is -0.466. The minimum atomic E-state index is -0.466. The molecule has 2 N–H and O–H groups in total. The van der Waals surface area contributed by atoms with Crippen LogP contribution >= 0.6 is 23.2 Å². The van der Waals surface area contributed by atoms with Gasteiger partial charge in [0.1, 0.15) is 4.84 Å². The van der Waals surface area contributed by atoms with E-state index in [2.05, 4.69) is 0 Å². The van der Waals surface area contributed by atoms with Crippen molar-refractivity contribution in [1.29, 1.82) is 0 Å². The molecule has 0 aromatic heterocycles. The van der Waals surface area contributed by atoms with Gasteiger partial charge >= 0.3 is 0 Å². The number of allylic oxidation sites excluding steroid dienone is 1. The van der Waals surface area contributed by atoms with Crippen LogP contribution < -0.4 is 5.73 Å². The van der Waals surface area contributed by atoms with Crippen molar-refractivity contribution in [3.63, 3.8) is 0 Å². The molecule has 1 nitrogen and oxygen atoms in total. The molecule has 0 bridgehead atoms. The van der Waals surface area contributed by atoms with E-state index < -0.39 is 4.84 Å². The Morgan fingerprint density at radius 3 is 2.67 bits per heavy atom. The number of rotatable bonds is 2. The Hall–Kier alpha value is -0.660. The summed E-state index contributed by atoms with van der Waals surface area (Å²) >= 11 is 11.0. The molecule has 1 rings (SSSR count). The first-order chi connectivity index (χ1) is 5.68. The third kappa shape index (κ3) is 3.16. The summed E-state index contributed by atoms with van der Waals surface area (Å²) in [6.45, 7) is 0. The highest BCUT2D eigenvalue weighted by atomic mass is 35.5. The van der Waals surface area contributed by atoms with E-state index in [1.54, 1.807) is 6.08 Å². The normalized spacial score (nSPS) is 11.2. The molecule has 12 heavy (non-hydrogen) atoms. The van der Waals surface area contributed by atoms with Gasteiger partial charge in [0.15, 0.2) is 0 Å². The third-order valence-corrected chi connectivity index (χ3v) is 1.64. The molecule has 0 aliphatic heterocycles. The van der Waals surface area contributed by atoms with E-state index in [-0.39, 0.29) is 0 Å². The lowest BCUT2D eigenvalue weighted by Gasteiger charge is -1.95. The molecule has 0 fully saturated rings. The van der Waals surface area contributed by atoms with E-state index in [1.807, 2.05) is 30.3 Å². The molecule has 0 amide bonds. The second kappa shape index (κ2) is 4.39. The lowest BCUT2D eigenvalue weighted by atomic mass is 10.2. The summed E-state index contributed by atoms with van der Waals surface area (Å²) in [6, 6.07) is 7.50. The van der Waals surface area contributed by atoms with Gasteiger partial charge < -0.3 is 5.73 Å². The van der Waals surface area contributed by atoms with Crippen LogP contribution in [-0.4, -0.2) is 4.84 Å². The number of halogens is 2. The lowest BCUT2D eigenvalue weighted by molar-refractivity contribution is 1.59. The first-order valence-electron chi connectivity index (χ1n) is 3.50. The second-order valence-electron chi connectivity index (χ2n) is 2.36. The number of nitrogen functional groups attached to an aromatic ring is 1. The Morgan fingerprint density at radius 2 is 2.08 bits per heavy atom. The Morgan fingerprint density at radius 1 is 1.33 bits per heavy atom. The molecule has 0 saturated heterocycles. The molecule has 1 aromatic rings. The third-order valence-electron chi connectivity index (χ3n) is 1.34. The molecule has 0 aliphatic rings. The van der Waals surface area contributed by atoms with Crippen molar-refractivity contribution in [3.8, 4) is 0 Å². The Bertz CT molecular complexity index is 282. The number of hydrogen-bond acceptors (Lipinski definition) is 1. The monoisotopic (exact) mass is 201 g/mol. The molecule has 0 saturated carbocycles. The fraction of sp³-hybridized carbons (Fsp3) is 0.111. The molecule has 0 spiro atoms. The zero-order valence-corrected chi connectivity index (χ0v) is 7.89. The van der Waals surface area contributed by atoms with Crippen LogP contribution in [0.3, 0.4) is 0 Å². The fourth-order valence-electron chi connectivity index (χ4n) is 0.847. The Balaban J connectivity index is 2.76. The van der Waals surface area contributed by atoms with Crippen LogP contribution in [0.2, 0.25) is 0 Å². The number of benzene rings is 1. The number of alkyl halides is 2. The van der Waals surface area contributed by atoms with E-state index in [1.165, 1.54) is 0 Å². The minimum absolute atomic E-state index is 0.466. The van der Waals surface area contributed by atoms with E-state index in [9.17, 15) is 0 Å². The summed E-state index contributed by atoms with van der Waals surface area (Å²) < 4.78 is 0. The quantitative estimate of drug-likeness (QED) is 0.578. The molecule has 0 unspecified atom stereocenters. The molecule has 0 heterocycles. The van der Waals surface area contributed by atoms with Crippen molar-refractivity contribution in [1.82, 2.24) is 0 Å². The zero-order chi connectivity index (χ0) is 8.97. The first kappa shape index (κ1) is 9.43. The van der Waals surface area contributed by atoms with E-state index in [0.717, 1.165) is 11.3 Å². The molecule has 0 atom stereocenters. The van der Waals surface area contributed by atoms with Crippen LogP contribution in [0.5, 0.6) is 0 Å². The van der Waals surface area contributed by atoms with E-state index in [0.29, 0.717) is 0 Å². The SMILES string of the molecule is Nc1cccc(/C=C/C(Cl)Cl)c1. The van der Waals surface area contributed by atoms with E-state index >= 15 is 0 Å². The van der Waals surface area contributed by atoms with Crippen LogP contribution in [0.4, 0.5) is 5.69 Å². The van der Waals surface area contributed by atoms with E-state index in [4.69, 9.17) is 28.9 Å². The fourth-order valence-corrected chi connectivity index (χ4v) is 0.992. The Kier molecular flexibility index (Phi) is 3.45. The first-order valence-corrected chi connectivity index (χ1v) is 4.37. The maximum Gasteiger partial charge on any atom is 0.126 e. The van der Waals surface area contributed by atoms with Crippen LogP contribution in [0.25, 0.3) is 6.08 Å². The van der Waals surface area contributed by atoms with Crippen LogP contribution in [0.15, 0.2) is 30.3 Å². The van der Waals surface area contributed by atoms with Gasteiger partial charge in [-0.3, -0.25) is 0 Å². The van der Waals surface area contributed by atoms with Crippen molar-refractivity contribution in [2.45, 2.75) is 4.84 Å². The second-order valence-corrected chi connectivity index (χ2v) is 3.53. The predicted molar refractivity (Wildman–Crippen MR) is 55.4 cm³/mol. The van der Waals surface area contributed by atoms with Crippen molar-refractivity contribution in [3.05, 3.63) is 35.9 Å². The van der Waals surface area contributed by atoms with Gasteiger partial charge in [0.05, 0.1) is 0 Å². The maximum atomic E-state index is 5.57. The van der Waals surface area contributed by atoms with Crippen molar-refractivity contribution in [2.75, 3.05) is 5.73 Å². The summed E-state index contributed by atoms with van der Waals surface area (Å²) in [5, 5.41) is 0. The van der Waals surface area contributed by atoms with Gasteiger partial charge in [0.25, 0.3) is 0 Å². The summed E-state index contributed by atoms with van der Waals surface area (Å²) in [7, 11) is 0. The summed E-state index contributed by atoms with van der Waals surface area (Å²) in [5.74, 6) is 0. The van der Waals surface area contributed by atoms with Gasteiger partial charge in [0, 0.05) is 5.69 Å². The van der Waals surface area contributed by atoms with Gasteiger partial charge in [-0.05, 0) is 17.7 Å². The average molecular weight is 202 g/mol. The van der Waals surface area contributed by atoms with Crippen LogP contribution in [-0.2, 0) is 0 Å². The molecular weight excluding hydrogens is 193 g/mol. The highest BCUT2D eigenvalue weighted by Gasteiger charge is 1.90. The molecule has 0 radical (unpaired) electrons. The zero-order valence-electron chi connectivity index (χ0n) is 6.37.